The summed E-state index contributed by atoms with van der Waals surface area (Å²) in [6.45, 7) is 4.96. The van der Waals surface area contributed by atoms with Crippen LogP contribution in [0.2, 0.25) is 0 Å². The van der Waals surface area contributed by atoms with Crippen molar-refractivity contribution in [1.29, 1.82) is 0 Å². The predicted molar refractivity (Wildman–Crippen MR) is 156 cm³/mol. The van der Waals surface area contributed by atoms with Gasteiger partial charge in [0, 0.05) is 22.4 Å². The lowest BCUT2D eigenvalue weighted by atomic mass is 9.87. The van der Waals surface area contributed by atoms with E-state index in [-0.39, 0.29) is 34.0 Å². The number of nitrogens with zero attached hydrogens (tertiary/aromatic N) is 2. The minimum atomic E-state index is -5.01. The van der Waals surface area contributed by atoms with Gasteiger partial charge in [-0.3, -0.25) is 13.9 Å². The van der Waals surface area contributed by atoms with Crippen LogP contribution in [0.3, 0.4) is 0 Å². The highest BCUT2D eigenvalue weighted by molar-refractivity contribution is 7.94. The van der Waals surface area contributed by atoms with E-state index >= 15 is 0 Å². The van der Waals surface area contributed by atoms with E-state index in [1.165, 1.54) is 30.3 Å². The maximum absolute atomic E-state index is 13.2. The summed E-state index contributed by atoms with van der Waals surface area (Å²) in [5.41, 5.74) is -0.333. The van der Waals surface area contributed by atoms with Gasteiger partial charge in [0.05, 0.1) is 5.25 Å². The fraction of sp³-hybridized carbons (Fsp3) is 0.296. The highest BCUT2D eigenvalue weighted by Crippen LogP contribution is 2.51. The summed E-state index contributed by atoms with van der Waals surface area (Å²) in [6.07, 6.45) is 1.64. The molecular formula is C27H27N3O10S3. The Morgan fingerprint density at radius 2 is 1.63 bits per heavy atom. The molecule has 0 heterocycles. The number of carbonyl (C=O) groups excluding carboxylic acids is 1. The smallest absolute Gasteiger partial charge is 0.296 e. The minimum Gasteiger partial charge on any atom is -0.505 e. The largest absolute Gasteiger partial charge is 0.505 e. The molecule has 16 heteroatoms. The van der Waals surface area contributed by atoms with Gasteiger partial charge in [-0.25, -0.2) is 8.42 Å². The minimum absolute atomic E-state index is 0.0651. The maximum atomic E-state index is 13.2. The highest BCUT2D eigenvalue weighted by Gasteiger charge is 2.52. The third-order valence-corrected chi connectivity index (χ3v) is 11.6. The quantitative estimate of drug-likeness (QED) is 0.195. The van der Waals surface area contributed by atoms with Crippen LogP contribution in [0.25, 0.3) is 10.8 Å². The fourth-order valence-corrected chi connectivity index (χ4v) is 9.00. The molecule has 228 valence electrons. The molecule has 0 spiro atoms. The number of hydrogen-bond donors (Lipinski definition) is 4. The van der Waals surface area contributed by atoms with Crippen LogP contribution in [-0.4, -0.2) is 50.6 Å². The van der Waals surface area contributed by atoms with E-state index < -0.39 is 68.4 Å². The van der Waals surface area contributed by atoms with Gasteiger partial charge >= 0.3 is 0 Å². The van der Waals surface area contributed by atoms with Crippen molar-refractivity contribution in [1.82, 2.24) is 0 Å². The molecule has 2 aliphatic rings. The summed E-state index contributed by atoms with van der Waals surface area (Å²) in [4.78, 5) is 11.7. The zero-order valence-electron chi connectivity index (χ0n) is 22.6. The predicted octanol–water partition coefficient (Wildman–Crippen LogP) is 4.67. The number of anilines is 1. The van der Waals surface area contributed by atoms with Gasteiger partial charge < -0.3 is 10.4 Å². The lowest BCUT2D eigenvalue weighted by molar-refractivity contribution is -0.121. The van der Waals surface area contributed by atoms with E-state index in [0.29, 0.717) is 24.8 Å². The number of azo groups is 1. The molecule has 0 aromatic heterocycles. The molecule has 13 nitrogen and oxygen atoms in total. The van der Waals surface area contributed by atoms with Gasteiger partial charge in [0.2, 0.25) is 5.91 Å². The molecule has 4 N–H and O–H groups in total. The molecule has 2 bridgehead atoms. The average molecular weight is 650 g/mol. The molecule has 43 heavy (non-hydrogen) atoms. The van der Waals surface area contributed by atoms with E-state index in [0.717, 1.165) is 17.5 Å². The topological polar surface area (TPSA) is 217 Å². The van der Waals surface area contributed by atoms with E-state index in [1.54, 1.807) is 6.92 Å². The van der Waals surface area contributed by atoms with Crippen molar-refractivity contribution >= 4 is 63.8 Å². The highest BCUT2D eigenvalue weighted by atomic mass is 32.2. The van der Waals surface area contributed by atoms with Crippen molar-refractivity contribution < 1.29 is 44.3 Å². The number of benzene rings is 3. The second-order valence-electron chi connectivity index (χ2n) is 10.8. The molecule has 2 saturated carbocycles. The van der Waals surface area contributed by atoms with Crippen LogP contribution >= 0.6 is 0 Å². The number of phenolic OH excluding ortho intramolecular Hbond substituents is 1. The van der Waals surface area contributed by atoms with E-state index in [4.69, 9.17) is 0 Å². The first-order chi connectivity index (χ1) is 20.0. The molecule has 0 saturated heterocycles. The Labute approximate surface area is 247 Å². The van der Waals surface area contributed by atoms with Crippen molar-refractivity contribution in [2.24, 2.45) is 28.0 Å². The average Bonchev–Trinajstić information content (AvgIpc) is 3.54. The van der Waals surface area contributed by atoms with E-state index in [1.807, 2.05) is 0 Å². The van der Waals surface area contributed by atoms with Crippen LogP contribution in [0.4, 0.5) is 17.1 Å². The third-order valence-electron chi connectivity index (χ3n) is 7.99. The van der Waals surface area contributed by atoms with E-state index in [9.17, 15) is 44.3 Å². The number of sulfone groups is 1. The summed E-state index contributed by atoms with van der Waals surface area (Å²) < 4.78 is 92.4. The Bertz CT molecular complexity index is 2040. The van der Waals surface area contributed by atoms with Crippen LogP contribution in [0.1, 0.15) is 24.8 Å². The van der Waals surface area contributed by atoms with Gasteiger partial charge in [0.25, 0.3) is 20.2 Å². The molecule has 0 radical (unpaired) electrons. The monoisotopic (exact) mass is 649 g/mol. The van der Waals surface area contributed by atoms with Gasteiger partial charge in [0.15, 0.2) is 15.6 Å². The molecule has 5 rings (SSSR count). The summed E-state index contributed by atoms with van der Waals surface area (Å²) >= 11 is 0. The van der Waals surface area contributed by atoms with Crippen molar-refractivity contribution in [3.8, 4) is 5.75 Å². The van der Waals surface area contributed by atoms with Crippen LogP contribution in [0.15, 0.2) is 74.5 Å². The lowest BCUT2D eigenvalue weighted by Crippen LogP contribution is -2.37. The second kappa shape index (κ2) is 10.8. The fourth-order valence-electron chi connectivity index (χ4n) is 6.06. The zero-order chi connectivity index (χ0) is 31.5. The summed E-state index contributed by atoms with van der Waals surface area (Å²) in [7, 11) is -13.3. The number of fused-ring (bicyclic) bond motifs is 3. The summed E-state index contributed by atoms with van der Waals surface area (Å²) in [6, 6.07) is 8.98. The Morgan fingerprint density at radius 1 is 0.930 bits per heavy atom. The number of amides is 1. The molecule has 1 amide bonds. The number of nitrogens with one attached hydrogen (secondary N) is 1. The van der Waals surface area contributed by atoms with Crippen molar-refractivity contribution in [2.75, 3.05) is 5.32 Å². The Morgan fingerprint density at radius 3 is 2.26 bits per heavy atom. The SMILES string of the molecule is C=CS(=O)(=O)C1CC2CC(C(=O)Nc3ccc4c(O)c(N=Nc5ccc(C)cc5S(=O)(=O)O)c(S(=O)(=O)O)cc4c3)C1C2. The van der Waals surface area contributed by atoms with Gasteiger partial charge in [-0.2, -0.15) is 16.8 Å². The first kappa shape index (κ1) is 30.7. The van der Waals surface area contributed by atoms with Gasteiger partial charge in [-0.05, 0) is 85.4 Å². The maximum Gasteiger partial charge on any atom is 0.296 e. The molecule has 0 aliphatic heterocycles. The van der Waals surface area contributed by atoms with Crippen molar-refractivity contribution in [2.45, 2.75) is 41.2 Å². The van der Waals surface area contributed by atoms with Gasteiger partial charge in [-0.1, -0.05) is 12.6 Å². The molecule has 4 atom stereocenters. The van der Waals surface area contributed by atoms with Gasteiger partial charge in [0.1, 0.15) is 21.2 Å². The number of aryl methyl sites for hydroxylation is 1. The van der Waals surface area contributed by atoms with E-state index in [2.05, 4.69) is 22.1 Å². The van der Waals surface area contributed by atoms with Crippen molar-refractivity contribution in [3.05, 3.63) is 60.0 Å². The Balaban J connectivity index is 1.49. The molecular weight excluding hydrogens is 623 g/mol. The zero-order valence-corrected chi connectivity index (χ0v) is 25.0. The first-order valence-electron chi connectivity index (χ1n) is 12.9. The van der Waals surface area contributed by atoms with Crippen molar-refractivity contribution in [3.63, 3.8) is 0 Å². The van der Waals surface area contributed by atoms with Crippen LogP contribution < -0.4 is 5.32 Å². The first-order valence-corrected chi connectivity index (χ1v) is 17.4. The number of carbonyl (C=O) groups is 1. The second-order valence-corrected chi connectivity index (χ2v) is 15.7. The van der Waals surface area contributed by atoms with Crippen LogP contribution in [-0.2, 0) is 34.9 Å². The molecule has 4 unspecified atom stereocenters. The standard InChI is InChI=1S/C27H27N3O10S3/c1-3-41(33,34)22-11-15-9-19(22)20(10-15)27(32)28-17-5-6-18-16(12-17)13-24(43(38,39)40)25(26(18)31)30-29-21-7-4-14(2)8-23(21)42(35,36)37/h3-8,12-13,15,19-20,22,31H,1,9-11H2,2H3,(H,28,32)(H,35,36,37)(H,38,39,40). The third kappa shape index (κ3) is 5.92. The molecule has 2 aliphatic carbocycles. The summed E-state index contributed by atoms with van der Waals surface area (Å²) in [5.74, 6) is -1.90. The lowest BCUT2D eigenvalue weighted by Gasteiger charge is -2.27. The number of rotatable bonds is 8. The number of phenols is 1. The molecule has 2 fully saturated rings. The Kier molecular flexibility index (Phi) is 7.71. The van der Waals surface area contributed by atoms with Crippen LogP contribution in [0.5, 0.6) is 5.75 Å². The summed E-state index contributed by atoms with van der Waals surface area (Å²) in [5, 5.41) is 21.5. The molecule has 3 aromatic carbocycles. The number of aromatic hydroxyl groups is 1. The Hall–Kier alpha value is -3.70. The molecule has 3 aromatic rings. The van der Waals surface area contributed by atoms with Gasteiger partial charge in [-0.15, -0.1) is 10.2 Å². The van der Waals surface area contributed by atoms with Crippen LogP contribution in [0, 0.1) is 24.7 Å². The normalized spacial score (nSPS) is 22.3. The number of hydrogen-bond acceptors (Lipinski definition) is 10.